The number of sulfonamides is 1. The minimum absolute atomic E-state index is 0.190. The molecule has 0 aromatic heterocycles. The zero-order valence-corrected chi connectivity index (χ0v) is 17.9. The molecule has 1 aromatic rings. The molecule has 0 spiro atoms. The van der Waals surface area contributed by atoms with E-state index in [0.717, 1.165) is 25.9 Å². The van der Waals surface area contributed by atoms with Crippen molar-refractivity contribution in [2.24, 2.45) is 11.8 Å². The SMILES string of the molecule is CCCCS(=O)(=O)N1CC2CC(CN(CC(O)COc3ccc(C#N)cc3)C2)C1. The summed E-state index contributed by atoms with van der Waals surface area (Å²) in [7, 11) is -3.15. The Morgan fingerprint density at radius 2 is 1.86 bits per heavy atom. The van der Waals surface area contributed by atoms with E-state index >= 15 is 0 Å². The van der Waals surface area contributed by atoms with Crippen LogP contribution in [-0.4, -0.2) is 73.9 Å². The predicted molar refractivity (Wildman–Crippen MR) is 111 cm³/mol. The van der Waals surface area contributed by atoms with E-state index in [1.807, 2.05) is 6.92 Å². The number of nitriles is 1. The number of unbranched alkanes of at least 4 members (excludes halogenated alkanes) is 1. The molecule has 0 aliphatic carbocycles. The number of rotatable bonds is 9. The van der Waals surface area contributed by atoms with Crippen molar-refractivity contribution in [3.63, 3.8) is 0 Å². The first-order chi connectivity index (χ1) is 13.9. The number of hydrogen-bond donors (Lipinski definition) is 1. The molecule has 8 heteroatoms. The topological polar surface area (TPSA) is 93.9 Å². The average molecular weight is 422 g/mol. The highest BCUT2D eigenvalue weighted by atomic mass is 32.2. The van der Waals surface area contributed by atoms with Gasteiger partial charge in [0, 0.05) is 32.7 Å². The van der Waals surface area contributed by atoms with Crippen molar-refractivity contribution in [3.8, 4) is 11.8 Å². The fraction of sp³-hybridized carbons (Fsp3) is 0.667. The Labute approximate surface area is 173 Å². The second-order valence-corrected chi connectivity index (χ2v) is 10.4. The van der Waals surface area contributed by atoms with E-state index in [9.17, 15) is 13.5 Å². The maximum atomic E-state index is 12.5. The van der Waals surface area contributed by atoms with Gasteiger partial charge in [-0.15, -0.1) is 0 Å². The number of aliphatic hydroxyl groups excluding tert-OH is 1. The molecule has 2 aliphatic heterocycles. The summed E-state index contributed by atoms with van der Waals surface area (Å²) in [4.78, 5) is 2.24. The minimum Gasteiger partial charge on any atom is -0.491 e. The molecular weight excluding hydrogens is 390 g/mol. The highest BCUT2D eigenvalue weighted by molar-refractivity contribution is 7.89. The molecular formula is C21H31N3O4S. The third-order valence-corrected chi connectivity index (χ3v) is 7.56. The summed E-state index contributed by atoms with van der Waals surface area (Å²) in [5.41, 5.74) is 0.573. The Kier molecular flexibility index (Phi) is 7.52. The molecule has 2 heterocycles. The summed E-state index contributed by atoms with van der Waals surface area (Å²) in [5, 5.41) is 19.2. The molecule has 0 saturated carbocycles. The molecule has 3 unspecified atom stereocenters. The predicted octanol–water partition coefficient (Wildman–Crippen LogP) is 1.68. The molecule has 2 bridgehead atoms. The lowest BCUT2D eigenvalue weighted by atomic mass is 9.85. The summed E-state index contributed by atoms with van der Waals surface area (Å²) in [6, 6.07) is 8.89. The molecule has 29 heavy (non-hydrogen) atoms. The number of β-amino-alcohol motifs (C(OH)–C–C–N with tert-alkyl or cyclic N) is 1. The largest absolute Gasteiger partial charge is 0.491 e. The second-order valence-electron chi connectivity index (χ2n) is 8.27. The molecule has 7 nitrogen and oxygen atoms in total. The van der Waals surface area contributed by atoms with Crippen molar-refractivity contribution >= 4 is 10.0 Å². The maximum Gasteiger partial charge on any atom is 0.214 e. The van der Waals surface area contributed by atoms with Gasteiger partial charge in [-0.05, 0) is 48.9 Å². The summed E-state index contributed by atoms with van der Waals surface area (Å²) in [5.74, 6) is 1.53. The van der Waals surface area contributed by atoms with Crippen molar-refractivity contribution in [1.29, 1.82) is 5.26 Å². The minimum atomic E-state index is -3.15. The third-order valence-electron chi connectivity index (χ3n) is 5.67. The molecule has 3 atom stereocenters. The Morgan fingerprint density at radius 3 is 2.45 bits per heavy atom. The highest BCUT2D eigenvalue weighted by Gasteiger charge is 2.38. The molecule has 1 N–H and O–H groups in total. The van der Waals surface area contributed by atoms with Crippen LogP contribution in [0, 0.1) is 23.2 Å². The van der Waals surface area contributed by atoms with E-state index in [0.29, 0.717) is 49.2 Å². The van der Waals surface area contributed by atoms with E-state index in [4.69, 9.17) is 10.00 Å². The molecule has 2 aliphatic rings. The van der Waals surface area contributed by atoms with Crippen LogP contribution in [0.4, 0.5) is 0 Å². The molecule has 2 fully saturated rings. The first-order valence-corrected chi connectivity index (χ1v) is 12.0. The monoisotopic (exact) mass is 421 g/mol. The average Bonchev–Trinajstić information content (AvgIpc) is 2.70. The van der Waals surface area contributed by atoms with Crippen molar-refractivity contribution < 1.29 is 18.3 Å². The number of fused-ring (bicyclic) bond motifs is 2. The highest BCUT2D eigenvalue weighted by Crippen LogP contribution is 2.30. The van der Waals surface area contributed by atoms with Gasteiger partial charge in [-0.25, -0.2) is 12.7 Å². The number of aliphatic hydroxyl groups is 1. The van der Waals surface area contributed by atoms with E-state index in [1.165, 1.54) is 0 Å². The van der Waals surface area contributed by atoms with Gasteiger partial charge < -0.3 is 9.84 Å². The Morgan fingerprint density at radius 1 is 1.21 bits per heavy atom. The van der Waals surface area contributed by atoms with Gasteiger partial charge in [0.05, 0.1) is 17.4 Å². The van der Waals surface area contributed by atoms with Gasteiger partial charge in [-0.1, -0.05) is 13.3 Å². The van der Waals surface area contributed by atoms with Gasteiger partial charge in [0.2, 0.25) is 10.0 Å². The van der Waals surface area contributed by atoms with Crippen LogP contribution in [0.25, 0.3) is 0 Å². The number of ether oxygens (including phenoxy) is 1. The zero-order chi connectivity index (χ0) is 20.9. The smallest absolute Gasteiger partial charge is 0.214 e. The van der Waals surface area contributed by atoms with Gasteiger partial charge in [-0.3, -0.25) is 4.90 Å². The van der Waals surface area contributed by atoms with Gasteiger partial charge in [0.15, 0.2) is 0 Å². The number of likely N-dealkylation sites (tertiary alicyclic amines) is 1. The number of benzene rings is 1. The molecule has 160 valence electrons. The normalized spacial score (nSPS) is 24.0. The van der Waals surface area contributed by atoms with Gasteiger partial charge in [-0.2, -0.15) is 5.26 Å². The van der Waals surface area contributed by atoms with Gasteiger partial charge in [0.1, 0.15) is 18.5 Å². The molecule has 3 rings (SSSR count). The van der Waals surface area contributed by atoms with Crippen LogP contribution in [0.2, 0.25) is 0 Å². The lowest BCUT2D eigenvalue weighted by Crippen LogP contribution is -2.55. The van der Waals surface area contributed by atoms with Crippen LogP contribution in [0.15, 0.2) is 24.3 Å². The fourth-order valence-electron chi connectivity index (χ4n) is 4.34. The lowest BCUT2D eigenvalue weighted by Gasteiger charge is -2.45. The summed E-state index contributed by atoms with van der Waals surface area (Å²) >= 11 is 0. The van der Waals surface area contributed by atoms with Gasteiger partial charge >= 0.3 is 0 Å². The number of piperidine rings is 2. The van der Waals surface area contributed by atoms with Crippen molar-refractivity contribution in [2.75, 3.05) is 45.1 Å². The van der Waals surface area contributed by atoms with Crippen molar-refractivity contribution in [3.05, 3.63) is 29.8 Å². The van der Waals surface area contributed by atoms with E-state index < -0.39 is 16.1 Å². The summed E-state index contributed by atoms with van der Waals surface area (Å²) in [6.07, 6.45) is 2.05. The van der Waals surface area contributed by atoms with Crippen LogP contribution in [-0.2, 0) is 10.0 Å². The van der Waals surface area contributed by atoms with Crippen molar-refractivity contribution in [1.82, 2.24) is 9.21 Å². The number of nitrogens with zero attached hydrogens (tertiary/aromatic N) is 3. The quantitative estimate of drug-likeness (QED) is 0.652. The first kappa shape index (κ1) is 22.0. The van der Waals surface area contributed by atoms with E-state index in [2.05, 4.69) is 11.0 Å². The standard InChI is InChI=1S/C21H31N3O4S/c1-2-3-8-29(26,27)24-13-18-9-19(14-24)12-23(11-18)15-20(25)16-28-21-6-4-17(10-22)5-7-21/h4-7,18-20,25H,2-3,8-9,11-16H2,1H3. The Hall–Kier alpha value is -1.66. The van der Waals surface area contributed by atoms with Crippen LogP contribution >= 0.6 is 0 Å². The number of hydrogen-bond acceptors (Lipinski definition) is 6. The Bertz CT molecular complexity index is 792. The zero-order valence-electron chi connectivity index (χ0n) is 17.0. The van der Waals surface area contributed by atoms with E-state index in [-0.39, 0.29) is 12.4 Å². The van der Waals surface area contributed by atoms with E-state index in [1.54, 1.807) is 28.6 Å². The first-order valence-electron chi connectivity index (χ1n) is 10.4. The summed E-state index contributed by atoms with van der Waals surface area (Å²) < 4.78 is 32.4. The lowest BCUT2D eigenvalue weighted by molar-refractivity contribution is 0.0168. The molecule has 2 saturated heterocycles. The van der Waals surface area contributed by atoms with Crippen molar-refractivity contribution in [2.45, 2.75) is 32.3 Å². The van der Waals surface area contributed by atoms with Crippen LogP contribution in [0.5, 0.6) is 5.75 Å². The van der Waals surface area contributed by atoms with Crippen LogP contribution < -0.4 is 4.74 Å². The molecule has 0 amide bonds. The second kappa shape index (κ2) is 9.90. The van der Waals surface area contributed by atoms with Crippen LogP contribution in [0.1, 0.15) is 31.7 Å². The van der Waals surface area contributed by atoms with Crippen LogP contribution in [0.3, 0.4) is 0 Å². The fourth-order valence-corrected chi connectivity index (χ4v) is 6.13. The molecule has 1 aromatic carbocycles. The summed E-state index contributed by atoms with van der Waals surface area (Å²) in [6.45, 7) is 5.53. The molecule has 0 radical (unpaired) electrons. The maximum absolute atomic E-state index is 12.5. The Balaban J connectivity index is 1.46. The third kappa shape index (κ3) is 6.16. The van der Waals surface area contributed by atoms with Gasteiger partial charge in [0.25, 0.3) is 0 Å².